The Kier molecular flexibility index (Phi) is 4.03. The van der Waals surface area contributed by atoms with Gasteiger partial charge in [-0.05, 0) is 21.0 Å². The summed E-state index contributed by atoms with van der Waals surface area (Å²) in [4.78, 5) is 9.87. The standard InChI is InChI=1S/C10H19N5O/c1-10(16,7-15(2)3)6-14-9-5-12-8(11)4-13-9/h4-5,16H,6-7H2,1-3H3,(H2,11,12)(H,13,14). The van der Waals surface area contributed by atoms with Crippen LogP contribution >= 0.6 is 0 Å². The summed E-state index contributed by atoms with van der Waals surface area (Å²) in [5.74, 6) is 0.985. The van der Waals surface area contributed by atoms with Gasteiger partial charge in [0.1, 0.15) is 11.6 Å². The number of aromatic nitrogens is 2. The van der Waals surface area contributed by atoms with Gasteiger partial charge in [0.25, 0.3) is 0 Å². The third kappa shape index (κ3) is 4.41. The van der Waals surface area contributed by atoms with Crippen LogP contribution in [-0.2, 0) is 0 Å². The van der Waals surface area contributed by atoms with Crippen LogP contribution < -0.4 is 11.1 Å². The smallest absolute Gasteiger partial charge is 0.144 e. The van der Waals surface area contributed by atoms with Gasteiger partial charge < -0.3 is 21.1 Å². The molecule has 0 aliphatic heterocycles. The first-order valence-corrected chi connectivity index (χ1v) is 5.07. The fourth-order valence-corrected chi connectivity index (χ4v) is 1.45. The van der Waals surface area contributed by atoms with E-state index in [1.807, 2.05) is 19.0 Å². The van der Waals surface area contributed by atoms with Crippen molar-refractivity contribution in [1.82, 2.24) is 14.9 Å². The molecule has 1 aromatic rings. The molecule has 0 bridgehead atoms. The lowest BCUT2D eigenvalue weighted by Gasteiger charge is -2.27. The van der Waals surface area contributed by atoms with Crippen molar-refractivity contribution in [3.63, 3.8) is 0 Å². The van der Waals surface area contributed by atoms with Crippen molar-refractivity contribution in [3.8, 4) is 0 Å². The van der Waals surface area contributed by atoms with Gasteiger partial charge in [-0.3, -0.25) is 0 Å². The lowest BCUT2D eigenvalue weighted by molar-refractivity contribution is 0.0459. The molecule has 16 heavy (non-hydrogen) atoms. The van der Waals surface area contributed by atoms with E-state index >= 15 is 0 Å². The third-order valence-corrected chi connectivity index (χ3v) is 1.98. The van der Waals surface area contributed by atoms with Gasteiger partial charge in [0, 0.05) is 13.1 Å². The molecule has 0 saturated heterocycles. The molecule has 0 aliphatic carbocycles. The Labute approximate surface area is 95.5 Å². The summed E-state index contributed by atoms with van der Waals surface area (Å²) in [5, 5.41) is 13.0. The van der Waals surface area contributed by atoms with E-state index in [4.69, 9.17) is 5.73 Å². The second-order valence-corrected chi connectivity index (χ2v) is 4.41. The van der Waals surface area contributed by atoms with Gasteiger partial charge in [0.05, 0.1) is 18.0 Å². The van der Waals surface area contributed by atoms with Gasteiger partial charge in [-0.1, -0.05) is 0 Å². The summed E-state index contributed by atoms with van der Waals surface area (Å²) in [6.07, 6.45) is 3.02. The molecule has 0 aliphatic rings. The van der Waals surface area contributed by atoms with Crippen LogP contribution in [0.4, 0.5) is 11.6 Å². The minimum atomic E-state index is -0.813. The van der Waals surface area contributed by atoms with Gasteiger partial charge in [-0.15, -0.1) is 0 Å². The summed E-state index contributed by atoms with van der Waals surface area (Å²) >= 11 is 0. The molecule has 4 N–H and O–H groups in total. The predicted molar refractivity (Wildman–Crippen MR) is 64.1 cm³/mol. The highest BCUT2D eigenvalue weighted by molar-refractivity contribution is 5.36. The second-order valence-electron chi connectivity index (χ2n) is 4.41. The van der Waals surface area contributed by atoms with Crippen molar-refractivity contribution in [2.75, 3.05) is 38.2 Å². The monoisotopic (exact) mass is 225 g/mol. The van der Waals surface area contributed by atoms with Crippen LogP contribution in [0.15, 0.2) is 12.4 Å². The van der Waals surface area contributed by atoms with Crippen molar-refractivity contribution in [3.05, 3.63) is 12.4 Å². The van der Waals surface area contributed by atoms with Crippen LogP contribution in [0, 0.1) is 0 Å². The Bertz CT molecular complexity index is 322. The van der Waals surface area contributed by atoms with Gasteiger partial charge >= 0.3 is 0 Å². The molecule has 90 valence electrons. The van der Waals surface area contributed by atoms with Crippen molar-refractivity contribution >= 4 is 11.6 Å². The molecule has 0 aromatic carbocycles. The maximum Gasteiger partial charge on any atom is 0.144 e. The zero-order valence-electron chi connectivity index (χ0n) is 9.94. The maximum atomic E-state index is 10.0. The number of nitrogen functional groups attached to an aromatic ring is 1. The molecule has 6 heteroatoms. The van der Waals surface area contributed by atoms with Gasteiger partial charge in [0.15, 0.2) is 0 Å². The molecule has 1 aromatic heterocycles. The number of rotatable bonds is 5. The van der Waals surface area contributed by atoms with E-state index in [0.717, 1.165) is 0 Å². The number of nitrogens with one attached hydrogen (secondary N) is 1. The minimum absolute atomic E-state index is 0.380. The fraction of sp³-hybridized carbons (Fsp3) is 0.600. The van der Waals surface area contributed by atoms with Crippen LogP contribution in [0.2, 0.25) is 0 Å². The first-order chi connectivity index (χ1) is 7.39. The van der Waals surface area contributed by atoms with Gasteiger partial charge in [0.2, 0.25) is 0 Å². The van der Waals surface area contributed by atoms with Crippen LogP contribution in [0.5, 0.6) is 0 Å². The number of hydrogen-bond acceptors (Lipinski definition) is 6. The summed E-state index contributed by atoms with van der Waals surface area (Å²) in [6.45, 7) is 2.75. The number of anilines is 2. The van der Waals surface area contributed by atoms with E-state index in [1.54, 1.807) is 13.1 Å². The molecule has 0 radical (unpaired) electrons. The summed E-state index contributed by atoms with van der Waals surface area (Å²) in [5.41, 5.74) is 4.60. The second kappa shape index (κ2) is 5.09. The van der Waals surface area contributed by atoms with Crippen LogP contribution in [0.1, 0.15) is 6.92 Å². The number of hydrogen-bond donors (Lipinski definition) is 3. The average molecular weight is 225 g/mol. The zero-order chi connectivity index (χ0) is 12.2. The largest absolute Gasteiger partial charge is 0.387 e. The summed E-state index contributed by atoms with van der Waals surface area (Å²) in [6, 6.07) is 0. The van der Waals surface area contributed by atoms with E-state index in [9.17, 15) is 5.11 Å². The molecule has 0 spiro atoms. The van der Waals surface area contributed by atoms with Crippen LogP contribution in [0.25, 0.3) is 0 Å². The van der Waals surface area contributed by atoms with Crippen molar-refractivity contribution in [1.29, 1.82) is 0 Å². The first kappa shape index (κ1) is 12.7. The van der Waals surface area contributed by atoms with Crippen LogP contribution in [-0.4, -0.2) is 52.8 Å². The molecule has 1 rings (SSSR count). The molecule has 6 nitrogen and oxygen atoms in total. The molecule has 1 atom stereocenters. The highest BCUT2D eigenvalue weighted by atomic mass is 16.3. The van der Waals surface area contributed by atoms with Crippen LogP contribution in [0.3, 0.4) is 0 Å². The normalized spacial score (nSPS) is 14.8. The quantitative estimate of drug-likeness (QED) is 0.642. The Hall–Kier alpha value is -1.40. The van der Waals surface area contributed by atoms with E-state index in [-0.39, 0.29) is 0 Å². The third-order valence-electron chi connectivity index (χ3n) is 1.98. The van der Waals surface area contributed by atoms with Crippen molar-refractivity contribution < 1.29 is 5.11 Å². The fourth-order valence-electron chi connectivity index (χ4n) is 1.45. The Morgan fingerprint density at radius 3 is 2.62 bits per heavy atom. The van der Waals surface area contributed by atoms with E-state index in [0.29, 0.717) is 24.7 Å². The maximum absolute atomic E-state index is 10.0. The molecule has 0 saturated carbocycles. The molecular formula is C10H19N5O. The molecule has 0 amide bonds. The number of likely N-dealkylation sites (N-methyl/N-ethyl adjacent to an activating group) is 1. The first-order valence-electron chi connectivity index (χ1n) is 5.07. The van der Waals surface area contributed by atoms with Gasteiger partial charge in [-0.25, -0.2) is 9.97 Å². The Morgan fingerprint density at radius 1 is 1.44 bits per heavy atom. The van der Waals surface area contributed by atoms with Crippen molar-refractivity contribution in [2.45, 2.75) is 12.5 Å². The number of aliphatic hydroxyl groups is 1. The number of nitrogens with two attached hydrogens (primary N) is 1. The van der Waals surface area contributed by atoms with E-state index < -0.39 is 5.60 Å². The molecular weight excluding hydrogens is 206 g/mol. The SMILES string of the molecule is CN(C)CC(C)(O)CNc1cnc(N)cn1. The molecule has 1 heterocycles. The van der Waals surface area contributed by atoms with E-state index in [1.165, 1.54) is 6.20 Å². The summed E-state index contributed by atoms with van der Waals surface area (Å²) < 4.78 is 0. The predicted octanol–water partition coefficient (Wildman–Crippen LogP) is -0.217. The number of nitrogens with zero attached hydrogens (tertiary/aromatic N) is 3. The molecule has 1 unspecified atom stereocenters. The van der Waals surface area contributed by atoms with E-state index in [2.05, 4.69) is 15.3 Å². The average Bonchev–Trinajstić information content (AvgIpc) is 2.15. The highest BCUT2D eigenvalue weighted by Crippen LogP contribution is 2.07. The Morgan fingerprint density at radius 2 is 2.12 bits per heavy atom. The highest BCUT2D eigenvalue weighted by Gasteiger charge is 2.20. The minimum Gasteiger partial charge on any atom is -0.387 e. The summed E-state index contributed by atoms with van der Waals surface area (Å²) in [7, 11) is 3.83. The Balaban J connectivity index is 2.47. The topological polar surface area (TPSA) is 87.3 Å². The molecule has 0 fully saturated rings. The lowest BCUT2D eigenvalue weighted by Crippen LogP contribution is -2.43. The zero-order valence-corrected chi connectivity index (χ0v) is 9.94. The van der Waals surface area contributed by atoms with Crippen molar-refractivity contribution in [2.24, 2.45) is 0 Å². The van der Waals surface area contributed by atoms with Gasteiger partial charge in [-0.2, -0.15) is 0 Å². The lowest BCUT2D eigenvalue weighted by atomic mass is 10.1.